The van der Waals surface area contributed by atoms with Crippen LogP contribution >= 0.6 is 0 Å². The monoisotopic (exact) mass is 2070 g/mol. The maximum atomic E-state index is 11.0. The fourth-order valence-corrected chi connectivity index (χ4v) is 17.9. The molecular formula is C122H190N18O10. The normalized spacial score (nSPS) is 13.2. The summed E-state index contributed by atoms with van der Waals surface area (Å²) >= 11 is 0. The highest BCUT2D eigenvalue weighted by molar-refractivity contribution is 6.01. The van der Waals surface area contributed by atoms with Crippen molar-refractivity contribution in [2.75, 3.05) is 65.4 Å². The van der Waals surface area contributed by atoms with Crippen molar-refractivity contribution in [3.8, 4) is 6.07 Å². The molecule has 0 bridgehead atoms. The number of nitro benzene ring substituents is 5. The average molecular weight is 2070 g/mol. The Hall–Kier alpha value is -12.2. The summed E-state index contributed by atoms with van der Waals surface area (Å²) in [6.45, 7) is 89.7. The van der Waals surface area contributed by atoms with Crippen LogP contribution in [0, 0.1) is 173 Å². The zero-order valence-corrected chi connectivity index (χ0v) is 98.8. The lowest BCUT2D eigenvalue weighted by atomic mass is 9.92. The largest absolute Gasteiger partial charge is 0.360 e. The SMILES string of the molecule is CCC(C)N(C(=Nc1ccc([N+](=O)[O-])cc1C)C(C)C)C(C)CC.CCCCN(CCCC)C(=Nc1ccc([N+](=O)[O-])cc1C)C(C)C.CCc1cc(C#N)ccc1N=C(C(C)C)N(CC(C)C)CC(C)C.Cc1cc([N+](=O)[O-])ccc1N=C(C1CCCC1)N(CC(C)C)CC(C)C.Cc1cc([N+](=O)[O-])ccc1N=C(N(CC(C)C)CC(C)C)C(C)(C)C.Cc1cc([N+](=O)[O-])ccc1N=C(c1ccccc1)N(CC(C)C)CC(C)C. The van der Waals surface area contributed by atoms with Crippen molar-refractivity contribution in [2.24, 2.45) is 106 Å². The second-order valence-corrected chi connectivity index (χ2v) is 45.6. The molecule has 1 aliphatic rings. The Kier molecular flexibility index (Phi) is 58.5. The summed E-state index contributed by atoms with van der Waals surface area (Å²) in [5.74, 6) is 12.3. The van der Waals surface area contributed by atoms with Crippen molar-refractivity contribution in [1.82, 2.24) is 29.4 Å². The van der Waals surface area contributed by atoms with Gasteiger partial charge in [-0.3, -0.25) is 50.6 Å². The number of hydrogen-bond acceptors (Lipinski definition) is 17. The molecule has 0 radical (unpaired) electrons. The molecule has 0 N–H and O–H groups in total. The first-order valence-electron chi connectivity index (χ1n) is 55.3. The van der Waals surface area contributed by atoms with E-state index in [0.717, 1.165) is 213 Å². The van der Waals surface area contributed by atoms with Gasteiger partial charge in [0, 0.05) is 173 Å². The van der Waals surface area contributed by atoms with Crippen LogP contribution in [0.15, 0.2) is 169 Å². The van der Waals surface area contributed by atoms with Gasteiger partial charge in [0.25, 0.3) is 28.4 Å². The summed E-state index contributed by atoms with van der Waals surface area (Å²) in [5.41, 5.74) is 12.5. The Morgan fingerprint density at radius 3 is 0.967 bits per heavy atom. The number of nitro groups is 5. The summed E-state index contributed by atoms with van der Waals surface area (Å²) in [4.78, 5) is 97.2. The van der Waals surface area contributed by atoms with E-state index in [1.54, 1.807) is 66.7 Å². The van der Waals surface area contributed by atoms with Gasteiger partial charge in [0.2, 0.25) is 0 Å². The molecule has 150 heavy (non-hydrogen) atoms. The van der Waals surface area contributed by atoms with Crippen LogP contribution < -0.4 is 0 Å². The van der Waals surface area contributed by atoms with Crippen LogP contribution in [-0.2, 0) is 6.42 Å². The van der Waals surface area contributed by atoms with E-state index in [1.807, 2.05) is 71.0 Å². The quantitative estimate of drug-likeness (QED) is 0.0148. The first-order chi connectivity index (χ1) is 70.4. The molecule has 1 saturated carbocycles. The molecule has 2 unspecified atom stereocenters. The highest BCUT2D eigenvalue weighted by Gasteiger charge is 2.32. The third-order valence-corrected chi connectivity index (χ3v) is 25.1. The molecule has 0 aliphatic heterocycles. The smallest absolute Gasteiger partial charge is 0.269 e. The predicted molar refractivity (Wildman–Crippen MR) is 631 cm³/mol. The maximum absolute atomic E-state index is 11.0. The van der Waals surface area contributed by atoms with Crippen molar-refractivity contribution in [3.05, 3.63) is 235 Å². The molecule has 7 aromatic carbocycles. The molecule has 0 aromatic heterocycles. The van der Waals surface area contributed by atoms with Crippen LogP contribution in [0.3, 0.4) is 0 Å². The Morgan fingerprint density at radius 2 is 0.660 bits per heavy atom. The first kappa shape index (κ1) is 132. The van der Waals surface area contributed by atoms with Crippen LogP contribution in [0.25, 0.3) is 0 Å². The minimum Gasteiger partial charge on any atom is -0.360 e. The lowest BCUT2D eigenvalue weighted by Crippen LogP contribution is -2.46. The topological polar surface area (TPSA) is 333 Å². The predicted octanol–water partition coefficient (Wildman–Crippen LogP) is 33.3. The van der Waals surface area contributed by atoms with Gasteiger partial charge in [-0.1, -0.05) is 264 Å². The zero-order valence-electron chi connectivity index (χ0n) is 98.8. The van der Waals surface area contributed by atoms with Crippen LogP contribution in [0.1, 0.15) is 330 Å². The number of unbranched alkanes of at least 4 members (excludes halogenated alkanes) is 2. The van der Waals surface area contributed by atoms with Crippen molar-refractivity contribution >= 4 is 97.6 Å². The number of non-ortho nitro benzene ring substituents is 5. The van der Waals surface area contributed by atoms with Crippen LogP contribution in [0.4, 0.5) is 62.6 Å². The fourth-order valence-electron chi connectivity index (χ4n) is 17.9. The molecule has 0 amide bonds. The Balaban J connectivity index is 0.000000462. The van der Waals surface area contributed by atoms with Gasteiger partial charge in [-0.25, -0.2) is 30.0 Å². The minimum absolute atomic E-state index is 0.0916. The van der Waals surface area contributed by atoms with E-state index in [-0.39, 0.29) is 64.4 Å². The van der Waals surface area contributed by atoms with E-state index in [1.165, 1.54) is 55.8 Å². The second kappa shape index (κ2) is 66.5. The molecule has 28 heteroatoms. The summed E-state index contributed by atoms with van der Waals surface area (Å²) in [5, 5.41) is 63.9. The molecule has 0 spiro atoms. The number of aliphatic imine (C=N–C) groups is 6. The van der Waals surface area contributed by atoms with E-state index in [4.69, 9.17) is 35.2 Å². The van der Waals surface area contributed by atoms with Gasteiger partial charge in [-0.2, -0.15) is 5.26 Å². The van der Waals surface area contributed by atoms with Gasteiger partial charge in [0.1, 0.15) is 35.0 Å². The number of nitrogens with zero attached hydrogens (tertiary/aromatic N) is 18. The van der Waals surface area contributed by atoms with Gasteiger partial charge in [-0.05, 0) is 223 Å². The molecular weight excluding hydrogens is 1880 g/mol. The van der Waals surface area contributed by atoms with E-state index < -0.39 is 0 Å². The average Bonchev–Trinajstić information content (AvgIpc) is 1.21. The maximum Gasteiger partial charge on any atom is 0.269 e. The zero-order chi connectivity index (χ0) is 113. The Labute approximate surface area is 903 Å². The number of amidine groups is 6. The molecule has 1 fully saturated rings. The van der Waals surface area contributed by atoms with E-state index >= 15 is 0 Å². The molecule has 1 aliphatic carbocycles. The molecule has 2 atom stereocenters. The lowest BCUT2D eigenvalue weighted by Gasteiger charge is -2.38. The molecule has 8 rings (SSSR count). The van der Waals surface area contributed by atoms with Crippen molar-refractivity contribution in [3.63, 3.8) is 0 Å². The second-order valence-electron chi connectivity index (χ2n) is 45.6. The van der Waals surface area contributed by atoms with Gasteiger partial charge >= 0.3 is 0 Å². The van der Waals surface area contributed by atoms with E-state index in [9.17, 15) is 50.6 Å². The van der Waals surface area contributed by atoms with Crippen molar-refractivity contribution < 1.29 is 24.6 Å². The van der Waals surface area contributed by atoms with Gasteiger partial charge in [-0.15, -0.1) is 0 Å². The Morgan fingerprint density at radius 1 is 0.360 bits per heavy atom. The molecule has 828 valence electrons. The summed E-state index contributed by atoms with van der Waals surface area (Å²) < 4.78 is 0. The molecule has 28 nitrogen and oxygen atoms in total. The molecule has 0 saturated heterocycles. The number of nitriles is 1. The van der Waals surface area contributed by atoms with E-state index in [0.29, 0.717) is 82.7 Å². The number of benzene rings is 7. The number of rotatable bonds is 43. The van der Waals surface area contributed by atoms with Gasteiger partial charge in [0.05, 0.1) is 70.4 Å². The lowest BCUT2D eigenvalue weighted by molar-refractivity contribution is -0.385. The first-order valence-corrected chi connectivity index (χ1v) is 55.3. The summed E-state index contributed by atoms with van der Waals surface area (Å²) in [6, 6.07) is 43.4. The van der Waals surface area contributed by atoms with Crippen LogP contribution in [0.5, 0.6) is 0 Å². The summed E-state index contributed by atoms with van der Waals surface area (Å²) in [7, 11) is 0. The summed E-state index contributed by atoms with van der Waals surface area (Å²) in [6.07, 6.45) is 12.5. The third kappa shape index (κ3) is 46.4. The third-order valence-electron chi connectivity index (χ3n) is 25.1. The minimum atomic E-state index is -0.373. The van der Waals surface area contributed by atoms with Crippen molar-refractivity contribution in [2.45, 2.75) is 339 Å². The highest BCUT2D eigenvalue weighted by atomic mass is 16.6. The molecule has 0 heterocycles. The molecule has 7 aromatic rings. The fraction of sp³-hybridized carbons (Fsp3) is 0.598. The van der Waals surface area contributed by atoms with Crippen LogP contribution in [0.2, 0.25) is 0 Å². The Bertz CT molecular complexity index is 5520. The van der Waals surface area contributed by atoms with Gasteiger partial charge < -0.3 is 29.4 Å². The van der Waals surface area contributed by atoms with Gasteiger partial charge in [0.15, 0.2) is 0 Å². The van der Waals surface area contributed by atoms with Crippen molar-refractivity contribution in [1.29, 1.82) is 5.26 Å². The van der Waals surface area contributed by atoms with Crippen LogP contribution in [-0.4, -0.2) is 167 Å². The van der Waals surface area contributed by atoms with E-state index in [2.05, 4.69) is 269 Å². The number of aryl methyl sites for hydroxylation is 6. The highest BCUT2D eigenvalue weighted by Crippen LogP contribution is 2.37. The standard InChI is InChI=1S/C22H29N3O2.C21H33N3O2.C21H33N3.C20H33N3O2.2C19H31N3O2/c1-16(2)14-24(15-17(3)4)22(19-9-7-6-8-10-19)23-21-12-11-20(25(26)27)13-18(21)5;1-15(2)13-23(14-16(3)4)21(18-8-6-7-9-18)22-20-11-10-19(24(25)26)12-17(20)5;1-8-19-11-18(12-22)9-10-20(19)23-21(17(6)7)24(13-15(2)3)14-16(4)5;1-14(2)12-22(13-15(3)4)19(20(6,7)8)21-18-10-9-17(23(24)25)11-16(18)5;1-8-15(6)21(16(7)9-2)19(13(3)4)20-18-11-10-17(22(23)24)12-14(18)5;1-6-8-12-21(13-9-7-2)19(15(3)4)20-18-11-10-17(22(23)24)14-16(18)5/h6-13,16-17H,14-15H2,1-5H3;10-12,15-16,18H,6-9,13-14H2,1-5H3;9-11,15-17H,8,13-14H2,1-7H3;9-11,14-15H,12-13H2,1-8H3;10-13,15-16H,8-9H2,1-7H3;10-11,14-15H,6-9,12-13H2,1-5H3. The number of hydrogen-bond donors (Lipinski definition) is 0.